The summed E-state index contributed by atoms with van der Waals surface area (Å²) in [6.07, 6.45) is 1.18. The molecule has 2 aromatic carbocycles. The number of benzene rings is 2. The Bertz CT molecular complexity index is 1000. The van der Waals surface area contributed by atoms with Crippen LogP contribution in [0.25, 0.3) is 10.9 Å². The molecule has 1 unspecified atom stereocenters. The monoisotopic (exact) mass is 374 g/mol. The third kappa shape index (κ3) is 3.70. The minimum atomic E-state index is -0.723. The first-order chi connectivity index (χ1) is 12.0. The number of nitrogens with one attached hydrogen (secondary N) is 1. The number of hydrogen-bond donors (Lipinski definition) is 1. The first-order valence-electron chi connectivity index (χ1n) is 7.53. The van der Waals surface area contributed by atoms with Gasteiger partial charge >= 0.3 is 5.97 Å². The van der Waals surface area contributed by atoms with Crippen molar-refractivity contribution in [3.8, 4) is 0 Å². The Balaban J connectivity index is 1.88. The average molecular weight is 375 g/mol. The number of halogens is 1. The van der Waals surface area contributed by atoms with Gasteiger partial charge in [-0.2, -0.15) is 0 Å². The molecule has 0 amide bonds. The highest BCUT2D eigenvalue weighted by Gasteiger charge is 2.19. The van der Waals surface area contributed by atoms with Crippen LogP contribution in [0, 0.1) is 0 Å². The molecule has 0 aliphatic rings. The van der Waals surface area contributed by atoms with E-state index in [-0.39, 0.29) is 16.9 Å². The molecule has 1 heterocycles. The molecule has 1 N–H and O–H groups in total. The maximum Gasteiger partial charge on any atom is 0.340 e. The summed E-state index contributed by atoms with van der Waals surface area (Å²) in [4.78, 5) is 32.5. The molecule has 3 aromatic rings. The quantitative estimate of drug-likeness (QED) is 0.547. The second-order valence-corrected chi connectivity index (χ2v) is 6.65. The molecule has 3 rings (SSSR count). The van der Waals surface area contributed by atoms with Crippen LogP contribution in [0.5, 0.6) is 0 Å². The molecular weight excluding hydrogens is 360 g/mol. The second kappa shape index (κ2) is 7.29. The number of thioether (sulfide) groups is 1. The van der Waals surface area contributed by atoms with Crippen molar-refractivity contribution in [2.75, 3.05) is 6.26 Å². The van der Waals surface area contributed by atoms with E-state index in [9.17, 15) is 9.59 Å². The zero-order chi connectivity index (χ0) is 18.0. The van der Waals surface area contributed by atoms with E-state index in [0.717, 1.165) is 4.90 Å². The van der Waals surface area contributed by atoms with Gasteiger partial charge in [0.05, 0.1) is 21.5 Å². The lowest BCUT2D eigenvalue weighted by Crippen LogP contribution is -2.17. The maximum atomic E-state index is 12.4. The van der Waals surface area contributed by atoms with E-state index in [1.54, 1.807) is 43.3 Å². The summed E-state index contributed by atoms with van der Waals surface area (Å²) < 4.78 is 5.44. The number of carbonyl (C=O) groups is 1. The van der Waals surface area contributed by atoms with Crippen LogP contribution >= 0.6 is 23.4 Å². The smallest absolute Gasteiger partial charge is 0.340 e. The van der Waals surface area contributed by atoms with Crippen LogP contribution in [-0.4, -0.2) is 22.2 Å². The maximum absolute atomic E-state index is 12.4. The molecule has 0 saturated carbocycles. The van der Waals surface area contributed by atoms with Gasteiger partial charge in [-0.1, -0.05) is 23.7 Å². The van der Waals surface area contributed by atoms with Crippen LogP contribution in [-0.2, 0) is 4.74 Å². The van der Waals surface area contributed by atoms with Gasteiger partial charge in [-0.15, -0.1) is 11.8 Å². The third-order valence-corrected chi connectivity index (χ3v) is 4.75. The molecule has 25 heavy (non-hydrogen) atoms. The van der Waals surface area contributed by atoms with Crippen molar-refractivity contribution in [1.82, 2.24) is 9.97 Å². The van der Waals surface area contributed by atoms with Crippen LogP contribution < -0.4 is 5.56 Å². The largest absolute Gasteiger partial charge is 0.451 e. The third-order valence-electron chi connectivity index (χ3n) is 3.69. The number of hydrogen-bond acceptors (Lipinski definition) is 5. The number of para-hydroxylation sites is 1. The number of aromatic nitrogens is 2. The molecule has 0 radical (unpaired) electrons. The Morgan fingerprint density at radius 1 is 1.28 bits per heavy atom. The number of nitrogens with zero attached hydrogens (tertiary/aromatic N) is 1. The Kier molecular flexibility index (Phi) is 5.11. The van der Waals surface area contributed by atoms with Crippen LogP contribution in [0.3, 0.4) is 0 Å². The van der Waals surface area contributed by atoms with E-state index in [1.165, 1.54) is 11.8 Å². The SMILES string of the molecule is CSc1ccc(Cl)c(C(=O)OC(C)c2nc3ccccc3c(=O)[nH]2)c1. The van der Waals surface area contributed by atoms with Crippen molar-refractivity contribution >= 4 is 40.2 Å². The summed E-state index contributed by atoms with van der Waals surface area (Å²) in [6.45, 7) is 1.65. The molecular formula is C18H15ClN2O3S. The zero-order valence-corrected chi connectivity index (χ0v) is 15.1. The summed E-state index contributed by atoms with van der Waals surface area (Å²) in [5.41, 5.74) is 0.556. The van der Waals surface area contributed by atoms with E-state index in [2.05, 4.69) is 9.97 Å². The average Bonchev–Trinajstić information content (AvgIpc) is 2.62. The second-order valence-electron chi connectivity index (χ2n) is 5.36. The summed E-state index contributed by atoms with van der Waals surface area (Å²) in [6, 6.07) is 12.2. The van der Waals surface area contributed by atoms with Gasteiger partial charge in [0, 0.05) is 4.90 Å². The lowest BCUT2D eigenvalue weighted by Gasteiger charge is -2.14. The lowest BCUT2D eigenvalue weighted by atomic mass is 10.2. The Morgan fingerprint density at radius 3 is 2.80 bits per heavy atom. The molecule has 1 atom stereocenters. The number of aromatic amines is 1. The van der Waals surface area contributed by atoms with E-state index < -0.39 is 12.1 Å². The zero-order valence-electron chi connectivity index (χ0n) is 13.6. The minimum Gasteiger partial charge on any atom is -0.451 e. The fraction of sp³-hybridized carbons (Fsp3) is 0.167. The van der Waals surface area contributed by atoms with Crippen molar-refractivity contribution in [2.45, 2.75) is 17.9 Å². The molecule has 7 heteroatoms. The van der Waals surface area contributed by atoms with E-state index >= 15 is 0 Å². The van der Waals surface area contributed by atoms with Crippen molar-refractivity contribution in [3.63, 3.8) is 0 Å². The number of fused-ring (bicyclic) bond motifs is 1. The number of H-pyrrole nitrogens is 1. The molecule has 0 bridgehead atoms. The number of ether oxygens (including phenoxy) is 1. The van der Waals surface area contributed by atoms with Gasteiger partial charge in [0.1, 0.15) is 0 Å². The molecule has 128 valence electrons. The number of carbonyl (C=O) groups excluding carboxylic acids is 1. The standard InChI is InChI=1S/C18H15ClN2O3S/c1-10(16-20-15-6-4-3-5-12(15)17(22)21-16)24-18(23)13-9-11(25-2)7-8-14(13)19/h3-10H,1-2H3,(H,20,21,22). The van der Waals surface area contributed by atoms with Crippen molar-refractivity contribution in [3.05, 3.63) is 69.2 Å². The van der Waals surface area contributed by atoms with Gasteiger partial charge in [0.25, 0.3) is 5.56 Å². The molecule has 0 aliphatic heterocycles. The summed E-state index contributed by atoms with van der Waals surface area (Å²) in [7, 11) is 0. The van der Waals surface area contributed by atoms with Crippen molar-refractivity contribution in [2.24, 2.45) is 0 Å². The highest BCUT2D eigenvalue weighted by atomic mass is 35.5. The number of esters is 1. The first kappa shape index (κ1) is 17.5. The molecule has 1 aromatic heterocycles. The van der Waals surface area contributed by atoms with E-state index in [1.807, 2.05) is 12.3 Å². The highest BCUT2D eigenvalue weighted by molar-refractivity contribution is 7.98. The topological polar surface area (TPSA) is 72.0 Å². The Morgan fingerprint density at radius 2 is 2.04 bits per heavy atom. The highest BCUT2D eigenvalue weighted by Crippen LogP contribution is 2.25. The number of rotatable bonds is 4. The van der Waals surface area contributed by atoms with Crippen LogP contribution in [0.4, 0.5) is 0 Å². The summed E-state index contributed by atoms with van der Waals surface area (Å²) >= 11 is 7.60. The van der Waals surface area contributed by atoms with Crippen LogP contribution in [0.15, 0.2) is 52.2 Å². The first-order valence-corrected chi connectivity index (χ1v) is 9.13. The van der Waals surface area contributed by atoms with Gasteiger partial charge in [0.15, 0.2) is 11.9 Å². The normalized spacial score (nSPS) is 12.1. The van der Waals surface area contributed by atoms with Gasteiger partial charge in [-0.3, -0.25) is 4.79 Å². The Labute approximate surface area is 153 Å². The van der Waals surface area contributed by atoms with E-state index in [4.69, 9.17) is 16.3 Å². The van der Waals surface area contributed by atoms with Gasteiger partial charge in [-0.05, 0) is 43.5 Å². The van der Waals surface area contributed by atoms with Crippen LogP contribution in [0.2, 0.25) is 5.02 Å². The van der Waals surface area contributed by atoms with Gasteiger partial charge in [-0.25, -0.2) is 9.78 Å². The molecule has 0 aliphatic carbocycles. The van der Waals surface area contributed by atoms with Crippen molar-refractivity contribution in [1.29, 1.82) is 0 Å². The van der Waals surface area contributed by atoms with Gasteiger partial charge in [0.2, 0.25) is 0 Å². The van der Waals surface area contributed by atoms with E-state index in [0.29, 0.717) is 15.9 Å². The molecule has 0 fully saturated rings. The fourth-order valence-corrected chi connectivity index (χ4v) is 3.00. The Hall–Kier alpha value is -2.31. The summed E-state index contributed by atoms with van der Waals surface area (Å²) in [5.74, 6) is -0.279. The van der Waals surface area contributed by atoms with Crippen LogP contribution in [0.1, 0.15) is 29.2 Å². The molecule has 5 nitrogen and oxygen atoms in total. The summed E-state index contributed by atoms with van der Waals surface area (Å²) in [5, 5.41) is 0.801. The molecule has 0 saturated heterocycles. The fourth-order valence-electron chi connectivity index (χ4n) is 2.36. The van der Waals surface area contributed by atoms with Crippen molar-refractivity contribution < 1.29 is 9.53 Å². The van der Waals surface area contributed by atoms with Gasteiger partial charge < -0.3 is 9.72 Å². The molecule has 0 spiro atoms. The minimum absolute atomic E-state index is 0.272. The predicted molar refractivity (Wildman–Crippen MR) is 99.4 cm³/mol. The predicted octanol–water partition coefficient (Wildman–Crippen LogP) is 4.22. The lowest BCUT2D eigenvalue weighted by molar-refractivity contribution is 0.0320.